The van der Waals surface area contributed by atoms with E-state index >= 15 is 0 Å². The summed E-state index contributed by atoms with van der Waals surface area (Å²) in [5.74, 6) is 0.524. The number of hydrogen-bond donors (Lipinski definition) is 0. The number of carbonyl (C=O) groups excluding carboxylic acids is 1. The minimum absolute atomic E-state index is 0.284. The van der Waals surface area contributed by atoms with Gasteiger partial charge in [0.05, 0.1) is 39.2 Å². The number of benzene rings is 2. The molecule has 5 aromatic rings. The Morgan fingerprint density at radius 2 is 1.98 bits per heavy atom. The number of nitrogens with zero attached hydrogens (tertiary/aromatic N) is 3. The molecule has 1 atom stereocenters. The molecule has 0 amide bonds. The lowest BCUT2D eigenvalue weighted by Gasteiger charge is -2.26. The molecule has 0 bridgehead atoms. The predicted molar refractivity (Wildman–Crippen MR) is 168 cm³/mol. The lowest BCUT2D eigenvalue weighted by atomic mass is 9.95. The fourth-order valence-corrected chi connectivity index (χ4v) is 8.03. The SMILES string of the molecule is COc1ccc(Br)cc1[C@@H]1C(C(=O)OC(C)C)=C(C)N=c2s/c(=C\c3ccc(Sc4nc5ccccc5s4)o3)c(=O)n21. The Labute approximate surface area is 261 Å². The Hall–Kier alpha value is -3.45. The van der Waals surface area contributed by atoms with Crippen LogP contribution < -0.4 is 19.6 Å². The number of aromatic nitrogens is 2. The molecule has 0 saturated heterocycles. The summed E-state index contributed by atoms with van der Waals surface area (Å²) in [4.78, 5) is 37.1. The minimum Gasteiger partial charge on any atom is -0.496 e. The number of thiazole rings is 2. The molecule has 0 saturated carbocycles. The summed E-state index contributed by atoms with van der Waals surface area (Å²) in [6, 6.07) is 16.3. The smallest absolute Gasteiger partial charge is 0.338 e. The summed E-state index contributed by atoms with van der Waals surface area (Å²) < 4.78 is 22.0. The lowest BCUT2D eigenvalue weighted by Crippen LogP contribution is -2.40. The molecule has 4 heterocycles. The first-order valence-electron chi connectivity index (χ1n) is 12.9. The average Bonchev–Trinajstić information content (AvgIpc) is 3.64. The van der Waals surface area contributed by atoms with Gasteiger partial charge in [-0.2, -0.15) is 0 Å². The second-order valence-electron chi connectivity index (χ2n) is 9.63. The zero-order chi connectivity index (χ0) is 29.5. The number of methoxy groups -OCH3 is 1. The molecule has 0 N–H and O–H groups in total. The van der Waals surface area contributed by atoms with Crippen molar-refractivity contribution in [2.24, 2.45) is 4.99 Å². The van der Waals surface area contributed by atoms with Crippen molar-refractivity contribution in [3.63, 3.8) is 0 Å². The summed E-state index contributed by atoms with van der Waals surface area (Å²) in [6.45, 7) is 5.32. The van der Waals surface area contributed by atoms with Crippen LogP contribution in [0.15, 0.2) is 94.0 Å². The van der Waals surface area contributed by atoms with Crippen molar-refractivity contribution in [1.82, 2.24) is 9.55 Å². The number of esters is 1. The molecule has 6 rings (SSSR count). The van der Waals surface area contributed by atoms with Crippen molar-refractivity contribution in [2.75, 3.05) is 7.11 Å². The highest BCUT2D eigenvalue weighted by molar-refractivity contribution is 9.10. The number of halogens is 1. The summed E-state index contributed by atoms with van der Waals surface area (Å²) in [5, 5.41) is 0.666. The Balaban J connectivity index is 1.43. The topological polar surface area (TPSA) is 95.9 Å². The summed E-state index contributed by atoms with van der Waals surface area (Å²) in [6.07, 6.45) is 1.36. The van der Waals surface area contributed by atoms with Crippen LogP contribution in [0.2, 0.25) is 0 Å². The van der Waals surface area contributed by atoms with Crippen LogP contribution in [0, 0.1) is 0 Å². The summed E-state index contributed by atoms with van der Waals surface area (Å²) >= 11 is 7.79. The van der Waals surface area contributed by atoms with Gasteiger partial charge < -0.3 is 13.9 Å². The number of fused-ring (bicyclic) bond motifs is 2. The summed E-state index contributed by atoms with van der Waals surface area (Å²) in [7, 11) is 1.56. The Morgan fingerprint density at radius 3 is 2.74 bits per heavy atom. The molecule has 0 fully saturated rings. The van der Waals surface area contributed by atoms with E-state index in [-0.39, 0.29) is 17.2 Å². The highest BCUT2D eigenvalue weighted by Crippen LogP contribution is 2.38. The first-order chi connectivity index (χ1) is 20.2. The maximum Gasteiger partial charge on any atom is 0.338 e. The van der Waals surface area contributed by atoms with Crippen molar-refractivity contribution in [3.8, 4) is 5.75 Å². The van der Waals surface area contributed by atoms with Crippen LogP contribution in [0.5, 0.6) is 5.75 Å². The molecule has 12 heteroatoms. The first-order valence-corrected chi connectivity index (χ1v) is 16.2. The number of para-hydroxylation sites is 1. The third-order valence-corrected chi connectivity index (χ3v) is 9.90. The maximum absolute atomic E-state index is 14.0. The molecule has 1 aliphatic rings. The van der Waals surface area contributed by atoms with Gasteiger partial charge in [-0.15, -0.1) is 11.3 Å². The summed E-state index contributed by atoms with van der Waals surface area (Å²) in [5.41, 5.74) is 2.04. The number of hydrogen-bond acceptors (Lipinski definition) is 10. The van der Waals surface area contributed by atoms with E-state index in [0.29, 0.717) is 37.2 Å². The molecule has 214 valence electrons. The third-order valence-electron chi connectivity index (χ3n) is 6.41. The van der Waals surface area contributed by atoms with E-state index in [1.54, 1.807) is 51.4 Å². The van der Waals surface area contributed by atoms with Gasteiger partial charge in [-0.05, 0) is 75.0 Å². The zero-order valence-corrected chi connectivity index (χ0v) is 26.9. The third kappa shape index (κ3) is 5.51. The van der Waals surface area contributed by atoms with E-state index in [1.165, 1.54) is 27.7 Å². The lowest BCUT2D eigenvalue weighted by molar-refractivity contribution is -0.143. The number of ether oxygens (including phenoxy) is 2. The molecule has 0 radical (unpaired) electrons. The molecule has 0 aliphatic carbocycles. The van der Waals surface area contributed by atoms with Crippen molar-refractivity contribution in [1.29, 1.82) is 0 Å². The van der Waals surface area contributed by atoms with E-state index in [9.17, 15) is 9.59 Å². The van der Waals surface area contributed by atoms with E-state index in [0.717, 1.165) is 19.0 Å². The van der Waals surface area contributed by atoms with E-state index in [2.05, 4.69) is 25.9 Å². The fraction of sp³-hybridized carbons (Fsp3) is 0.200. The van der Waals surface area contributed by atoms with Gasteiger partial charge in [-0.1, -0.05) is 39.4 Å². The van der Waals surface area contributed by atoms with Gasteiger partial charge in [-0.3, -0.25) is 9.36 Å². The number of rotatable bonds is 7. The van der Waals surface area contributed by atoms with Crippen LogP contribution in [0.3, 0.4) is 0 Å². The van der Waals surface area contributed by atoms with E-state index < -0.39 is 12.0 Å². The predicted octanol–water partition coefficient (Wildman–Crippen LogP) is 6.31. The Bertz CT molecular complexity index is 2020. The fourth-order valence-electron chi connectivity index (χ4n) is 4.65. The number of carbonyl (C=O) groups is 1. The molecule has 0 spiro atoms. The van der Waals surface area contributed by atoms with Gasteiger partial charge in [0, 0.05) is 16.1 Å². The second-order valence-corrected chi connectivity index (χ2v) is 13.8. The van der Waals surface area contributed by atoms with Gasteiger partial charge in [0.15, 0.2) is 14.2 Å². The molecule has 2 aromatic carbocycles. The van der Waals surface area contributed by atoms with Gasteiger partial charge in [0.25, 0.3) is 5.56 Å². The quantitative estimate of drug-likeness (QED) is 0.186. The van der Waals surface area contributed by atoms with Gasteiger partial charge in [0.1, 0.15) is 17.6 Å². The minimum atomic E-state index is -0.802. The van der Waals surface area contributed by atoms with Crippen LogP contribution in [-0.2, 0) is 9.53 Å². The molecule has 8 nitrogen and oxygen atoms in total. The zero-order valence-electron chi connectivity index (χ0n) is 22.9. The monoisotopic (exact) mass is 681 g/mol. The first kappa shape index (κ1) is 28.7. The van der Waals surface area contributed by atoms with Crippen LogP contribution in [0.25, 0.3) is 16.3 Å². The van der Waals surface area contributed by atoms with Gasteiger partial charge in [0.2, 0.25) is 0 Å². The van der Waals surface area contributed by atoms with Gasteiger partial charge >= 0.3 is 5.97 Å². The van der Waals surface area contributed by atoms with Crippen molar-refractivity contribution < 1.29 is 18.7 Å². The maximum atomic E-state index is 14.0. The average molecular weight is 683 g/mol. The normalized spacial score (nSPS) is 15.3. The van der Waals surface area contributed by atoms with Crippen LogP contribution in [0.1, 0.15) is 38.1 Å². The van der Waals surface area contributed by atoms with Crippen LogP contribution >= 0.6 is 50.4 Å². The molecular formula is C30H24BrN3O5S3. The molecule has 1 aliphatic heterocycles. The number of furan rings is 1. The second kappa shape index (κ2) is 11.7. The van der Waals surface area contributed by atoms with Gasteiger partial charge in [-0.25, -0.2) is 14.8 Å². The van der Waals surface area contributed by atoms with Crippen LogP contribution in [0.4, 0.5) is 0 Å². The molecule has 3 aromatic heterocycles. The van der Waals surface area contributed by atoms with Crippen molar-refractivity contribution >= 4 is 72.6 Å². The van der Waals surface area contributed by atoms with Crippen LogP contribution in [-0.4, -0.2) is 28.7 Å². The molecular weight excluding hydrogens is 658 g/mol. The van der Waals surface area contributed by atoms with Crippen molar-refractivity contribution in [2.45, 2.75) is 42.3 Å². The van der Waals surface area contributed by atoms with E-state index in [1.807, 2.05) is 48.5 Å². The Kier molecular flexibility index (Phi) is 7.97. The standard InChI is InChI=1S/C30H24BrN3O5S3/c1-15(2)38-28(36)25-16(3)32-29-34(26(25)19-13-17(31)9-11-21(19)37-4)27(35)23(40-29)14-18-10-12-24(39-18)42-30-33-20-7-5-6-8-22(20)41-30/h5-15,26H,1-4H3/b23-14-/t26-/m1/s1. The molecule has 0 unspecified atom stereocenters. The van der Waals surface area contributed by atoms with E-state index in [4.69, 9.17) is 13.9 Å². The highest BCUT2D eigenvalue weighted by Gasteiger charge is 2.35. The Morgan fingerprint density at radius 1 is 1.17 bits per heavy atom. The van der Waals surface area contributed by atoms with Crippen molar-refractivity contribution in [3.05, 3.63) is 101 Å². The number of allylic oxidation sites excluding steroid dienone is 1. The highest BCUT2D eigenvalue weighted by atomic mass is 79.9. The largest absolute Gasteiger partial charge is 0.496 e. The molecule has 42 heavy (non-hydrogen) atoms.